The Balaban J connectivity index is 1.69. The van der Waals surface area contributed by atoms with Crippen LogP contribution in [-0.2, 0) is 6.42 Å². The molecule has 0 radical (unpaired) electrons. The molecule has 98 valence electrons. The molecule has 0 aromatic heterocycles. The van der Waals surface area contributed by atoms with Gasteiger partial charge in [-0.3, -0.25) is 0 Å². The maximum absolute atomic E-state index is 2.54. The standard InChI is InChI=1S/C18H22Si/c1-19(2,17-11-7-4-8-12-17)18-14-16(18)13-15-9-5-3-6-10-15/h3-12,16,18H,13-14H2,1-2H3. The summed E-state index contributed by atoms with van der Waals surface area (Å²) in [4.78, 5) is 0. The van der Waals surface area contributed by atoms with Crippen LogP contribution in [0, 0.1) is 5.92 Å². The SMILES string of the molecule is C[Si](C)(c1ccccc1)C1CC1Cc1ccccc1. The van der Waals surface area contributed by atoms with E-state index < -0.39 is 8.07 Å². The highest BCUT2D eigenvalue weighted by molar-refractivity contribution is 6.91. The molecule has 1 aliphatic carbocycles. The van der Waals surface area contributed by atoms with Gasteiger partial charge in [-0.05, 0) is 29.9 Å². The average molecular weight is 266 g/mol. The van der Waals surface area contributed by atoms with Crippen molar-refractivity contribution in [2.75, 3.05) is 0 Å². The zero-order chi connectivity index (χ0) is 13.3. The zero-order valence-electron chi connectivity index (χ0n) is 11.8. The van der Waals surface area contributed by atoms with Gasteiger partial charge in [-0.1, -0.05) is 78.9 Å². The van der Waals surface area contributed by atoms with Crippen molar-refractivity contribution in [3.63, 3.8) is 0 Å². The summed E-state index contributed by atoms with van der Waals surface area (Å²) in [5.74, 6) is 0.921. The van der Waals surface area contributed by atoms with E-state index in [1.54, 1.807) is 5.19 Å². The van der Waals surface area contributed by atoms with E-state index in [4.69, 9.17) is 0 Å². The number of hydrogen-bond acceptors (Lipinski definition) is 0. The molecule has 2 atom stereocenters. The van der Waals surface area contributed by atoms with E-state index in [-0.39, 0.29) is 0 Å². The number of benzene rings is 2. The predicted molar refractivity (Wildman–Crippen MR) is 85.6 cm³/mol. The van der Waals surface area contributed by atoms with Gasteiger partial charge in [0, 0.05) is 0 Å². The summed E-state index contributed by atoms with van der Waals surface area (Å²) in [6.45, 7) is 5.08. The summed E-state index contributed by atoms with van der Waals surface area (Å²) in [5.41, 5.74) is 2.47. The molecule has 0 spiro atoms. The summed E-state index contributed by atoms with van der Waals surface area (Å²) in [6, 6.07) is 22.2. The van der Waals surface area contributed by atoms with E-state index in [0.29, 0.717) is 0 Å². The summed E-state index contributed by atoms with van der Waals surface area (Å²) >= 11 is 0. The first-order chi connectivity index (χ1) is 9.18. The maximum atomic E-state index is 2.54. The Labute approximate surface area is 117 Å². The molecule has 2 unspecified atom stereocenters. The molecule has 0 aliphatic heterocycles. The van der Waals surface area contributed by atoms with Crippen molar-refractivity contribution in [3.8, 4) is 0 Å². The highest BCUT2D eigenvalue weighted by atomic mass is 28.3. The van der Waals surface area contributed by atoms with Crippen LogP contribution in [0.3, 0.4) is 0 Å². The minimum Gasteiger partial charge on any atom is -0.0652 e. The molecule has 0 bridgehead atoms. The second-order valence-electron chi connectivity index (χ2n) is 6.38. The molecule has 0 heterocycles. The van der Waals surface area contributed by atoms with Crippen LogP contribution in [-0.4, -0.2) is 8.07 Å². The zero-order valence-corrected chi connectivity index (χ0v) is 12.8. The maximum Gasteiger partial charge on any atom is 0.0839 e. The largest absolute Gasteiger partial charge is 0.0839 e. The Morgan fingerprint density at radius 1 is 0.895 bits per heavy atom. The molecule has 2 aromatic rings. The van der Waals surface area contributed by atoms with E-state index >= 15 is 0 Å². The van der Waals surface area contributed by atoms with E-state index in [1.807, 2.05) is 0 Å². The first-order valence-electron chi connectivity index (χ1n) is 7.27. The summed E-state index contributed by atoms with van der Waals surface area (Å²) in [6.07, 6.45) is 2.71. The Bertz CT molecular complexity index is 530. The Morgan fingerprint density at radius 2 is 1.47 bits per heavy atom. The molecule has 1 aliphatic rings. The van der Waals surface area contributed by atoms with Crippen LogP contribution in [0.1, 0.15) is 12.0 Å². The Kier molecular flexibility index (Phi) is 3.32. The van der Waals surface area contributed by atoms with E-state index in [2.05, 4.69) is 73.8 Å². The molecule has 2 aromatic carbocycles. The highest BCUT2D eigenvalue weighted by Gasteiger charge is 2.48. The third kappa shape index (κ3) is 2.66. The fourth-order valence-corrected chi connectivity index (χ4v) is 7.02. The Morgan fingerprint density at radius 3 is 2.11 bits per heavy atom. The van der Waals surface area contributed by atoms with Gasteiger partial charge in [0.1, 0.15) is 0 Å². The number of hydrogen-bond donors (Lipinski definition) is 0. The number of rotatable bonds is 4. The van der Waals surface area contributed by atoms with Crippen molar-refractivity contribution in [1.29, 1.82) is 0 Å². The summed E-state index contributed by atoms with van der Waals surface area (Å²) in [7, 11) is -1.26. The molecular formula is C18H22Si. The molecule has 1 heteroatoms. The van der Waals surface area contributed by atoms with Crippen LogP contribution in [0.4, 0.5) is 0 Å². The first kappa shape index (κ1) is 12.7. The lowest BCUT2D eigenvalue weighted by Crippen LogP contribution is -2.42. The highest BCUT2D eigenvalue weighted by Crippen LogP contribution is 2.53. The lowest BCUT2D eigenvalue weighted by atomic mass is 10.1. The minimum atomic E-state index is -1.26. The van der Waals surface area contributed by atoms with Crippen LogP contribution < -0.4 is 5.19 Å². The van der Waals surface area contributed by atoms with Gasteiger partial charge in [0.25, 0.3) is 0 Å². The van der Waals surface area contributed by atoms with E-state index in [1.165, 1.54) is 18.4 Å². The van der Waals surface area contributed by atoms with Gasteiger partial charge >= 0.3 is 0 Å². The predicted octanol–water partition coefficient (Wildman–Crippen LogP) is 4.23. The fraction of sp³-hybridized carbons (Fsp3) is 0.333. The van der Waals surface area contributed by atoms with Gasteiger partial charge < -0.3 is 0 Å². The summed E-state index contributed by atoms with van der Waals surface area (Å²) in [5, 5.41) is 1.62. The smallest absolute Gasteiger partial charge is 0.0652 e. The van der Waals surface area contributed by atoms with Gasteiger partial charge in [0.2, 0.25) is 0 Å². The van der Waals surface area contributed by atoms with Crippen LogP contribution in [0.2, 0.25) is 18.6 Å². The molecule has 0 N–H and O–H groups in total. The lowest BCUT2D eigenvalue weighted by molar-refractivity contribution is 0.826. The molecule has 1 fully saturated rings. The van der Waals surface area contributed by atoms with Gasteiger partial charge in [-0.15, -0.1) is 0 Å². The van der Waals surface area contributed by atoms with Crippen molar-refractivity contribution in [2.45, 2.75) is 31.5 Å². The van der Waals surface area contributed by atoms with Crippen LogP contribution in [0.15, 0.2) is 60.7 Å². The second-order valence-corrected chi connectivity index (χ2v) is 11.1. The second kappa shape index (κ2) is 4.97. The van der Waals surface area contributed by atoms with Crippen molar-refractivity contribution < 1.29 is 0 Å². The van der Waals surface area contributed by atoms with Crippen LogP contribution >= 0.6 is 0 Å². The lowest BCUT2D eigenvalue weighted by Gasteiger charge is -2.23. The van der Waals surface area contributed by atoms with E-state index in [0.717, 1.165) is 11.5 Å². The third-order valence-electron chi connectivity index (χ3n) is 4.71. The van der Waals surface area contributed by atoms with Crippen LogP contribution in [0.5, 0.6) is 0 Å². The van der Waals surface area contributed by atoms with Crippen molar-refractivity contribution in [3.05, 3.63) is 66.2 Å². The molecule has 19 heavy (non-hydrogen) atoms. The van der Waals surface area contributed by atoms with Crippen molar-refractivity contribution in [2.24, 2.45) is 5.92 Å². The normalized spacial score (nSPS) is 22.2. The fourth-order valence-electron chi connectivity index (χ4n) is 3.36. The topological polar surface area (TPSA) is 0 Å². The van der Waals surface area contributed by atoms with Gasteiger partial charge in [0.05, 0.1) is 8.07 Å². The third-order valence-corrected chi connectivity index (χ3v) is 9.09. The first-order valence-corrected chi connectivity index (χ1v) is 10.3. The Hall–Kier alpha value is -1.34. The van der Waals surface area contributed by atoms with Crippen LogP contribution in [0.25, 0.3) is 0 Å². The summed E-state index contributed by atoms with van der Waals surface area (Å²) < 4.78 is 0. The van der Waals surface area contributed by atoms with Gasteiger partial charge in [-0.2, -0.15) is 0 Å². The van der Waals surface area contributed by atoms with E-state index in [9.17, 15) is 0 Å². The molecule has 0 nitrogen and oxygen atoms in total. The minimum absolute atomic E-state index is 0.921. The molecule has 3 rings (SSSR count). The molecular weight excluding hydrogens is 244 g/mol. The quantitative estimate of drug-likeness (QED) is 0.726. The van der Waals surface area contributed by atoms with Gasteiger partial charge in [0.15, 0.2) is 0 Å². The van der Waals surface area contributed by atoms with Crippen molar-refractivity contribution >= 4 is 13.3 Å². The van der Waals surface area contributed by atoms with Gasteiger partial charge in [-0.25, -0.2) is 0 Å². The average Bonchev–Trinajstić information content (AvgIpc) is 3.21. The van der Waals surface area contributed by atoms with Crippen molar-refractivity contribution in [1.82, 2.24) is 0 Å². The monoisotopic (exact) mass is 266 g/mol. The molecule has 0 amide bonds. The molecule has 0 saturated heterocycles. The molecule has 1 saturated carbocycles.